The first-order chi connectivity index (χ1) is 9.54. The normalized spacial score (nSPS) is 17.6. The number of benzene rings is 1. The number of nitrogens with zero attached hydrogens (tertiary/aromatic N) is 3. The van der Waals surface area contributed by atoms with Gasteiger partial charge in [-0.15, -0.1) is 0 Å². The Balaban J connectivity index is 2.19. The van der Waals surface area contributed by atoms with Crippen molar-refractivity contribution in [2.45, 2.75) is 18.9 Å². The fourth-order valence-corrected chi connectivity index (χ4v) is 2.42. The Bertz CT molecular complexity index is 557. The van der Waals surface area contributed by atoms with E-state index >= 15 is 0 Å². The second-order valence-electron chi connectivity index (χ2n) is 5.08. The van der Waals surface area contributed by atoms with Crippen molar-refractivity contribution in [3.05, 3.63) is 35.4 Å². The number of rotatable bonds is 2. The summed E-state index contributed by atoms with van der Waals surface area (Å²) in [6.45, 7) is 0.600. The van der Waals surface area contributed by atoms with Gasteiger partial charge in [0.25, 0.3) is 5.91 Å². The highest BCUT2D eigenvalue weighted by Gasteiger charge is 2.35. The smallest absolute Gasteiger partial charge is 0.254 e. The van der Waals surface area contributed by atoms with Crippen molar-refractivity contribution < 1.29 is 9.59 Å². The molecular weight excluding hydrogens is 254 g/mol. The number of likely N-dealkylation sites (tertiary alicyclic amines) is 1. The second kappa shape index (κ2) is 5.74. The first kappa shape index (κ1) is 14.1. The molecule has 1 saturated heterocycles. The van der Waals surface area contributed by atoms with Gasteiger partial charge in [-0.1, -0.05) is 0 Å². The maximum Gasteiger partial charge on any atom is 0.254 e. The molecule has 104 valence electrons. The zero-order chi connectivity index (χ0) is 14.7. The quantitative estimate of drug-likeness (QED) is 0.813. The molecule has 1 aromatic carbocycles. The Morgan fingerprint density at radius 1 is 1.30 bits per heavy atom. The van der Waals surface area contributed by atoms with Crippen LogP contribution in [0.5, 0.6) is 0 Å². The molecule has 1 heterocycles. The highest BCUT2D eigenvalue weighted by atomic mass is 16.2. The van der Waals surface area contributed by atoms with Gasteiger partial charge in [0.15, 0.2) is 0 Å². The molecule has 0 saturated carbocycles. The lowest BCUT2D eigenvalue weighted by atomic mass is 10.1. The molecular formula is C15H17N3O2. The number of amides is 2. The van der Waals surface area contributed by atoms with Crippen molar-refractivity contribution in [1.29, 1.82) is 5.26 Å². The number of likely N-dealkylation sites (N-methyl/N-ethyl adjacent to an activating group) is 1. The third-order valence-electron chi connectivity index (χ3n) is 3.50. The van der Waals surface area contributed by atoms with Crippen LogP contribution in [0.1, 0.15) is 28.8 Å². The molecule has 5 nitrogen and oxygen atoms in total. The lowest BCUT2D eigenvalue weighted by Gasteiger charge is -2.26. The Morgan fingerprint density at radius 2 is 1.95 bits per heavy atom. The van der Waals surface area contributed by atoms with E-state index in [4.69, 9.17) is 5.26 Å². The molecule has 2 amide bonds. The summed E-state index contributed by atoms with van der Waals surface area (Å²) in [6.07, 6.45) is 1.55. The standard InChI is InChI=1S/C15H17N3O2/c1-17(2)15(20)13-4-3-9-18(13)14(19)12-7-5-11(10-16)6-8-12/h5-8,13H,3-4,9H2,1-2H3. The van der Waals surface area contributed by atoms with E-state index in [1.807, 2.05) is 6.07 Å². The summed E-state index contributed by atoms with van der Waals surface area (Å²) in [5.41, 5.74) is 1.03. The third kappa shape index (κ3) is 2.64. The van der Waals surface area contributed by atoms with Gasteiger partial charge in [-0.05, 0) is 37.1 Å². The Hall–Kier alpha value is -2.35. The van der Waals surface area contributed by atoms with Crippen LogP contribution in [0.3, 0.4) is 0 Å². The number of hydrogen-bond donors (Lipinski definition) is 0. The molecule has 1 aromatic rings. The summed E-state index contributed by atoms with van der Waals surface area (Å²) in [7, 11) is 3.40. The van der Waals surface area contributed by atoms with Crippen LogP contribution >= 0.6 is 0 Å². The molecule has 1 aliphatic heterocycles. The van der Waals surface area contributed by atoms with Gasteiger partial charge in [0.2, 0.25) is 5.91 Å². The molecule has 20 heavy (non-hydrogen) atoms. The lowest BCUT2D eigenvalue weighted by molar-refractivity contribution is -0.132. The third-order valence-corrected chi connectivity index (χ3v) is 3.50. The van der Waals surface area contributed by atoms with E-state index in [9.17, 15) is 9.59 Å². The Labute approximate surface area is 118 Å². The van der Waals surface area contributed by atoms with Crippen molar-refractivity contribution in [3.8, 4) is 6.07 Å². The van der Waals surface area contributed by atoms with Gasteiger partial charge in [0.1, 0.15) is 6.04 Å². The van der Waals surface area contributed by atoms with E-state index in [2.05, 4.69) is 0 Å². The van der Waals surface area contributed by atoms with Crippen LogP contribution in [-0.2, 0) is 4.79 Å². The van der Waals surface area contributed by atoms with Crippen LogP contribution in [0.2, 0.25) is 0 Å². The molecule has 0 radical (unpaired) electrons. The van der Waals surface area contributed by atoms with Crippen molar-refractivity contribution in [2.75, 3.05) is 20.6 Å². The van der Waals surface area contributed by atoms with Crippen molar-refractivity contribution in [2.24, 2.45) is 0 Å². The highest BCUT2D eigenvalue weighted by molar-refractivity contribution is 5.98. The van der Waals surface area contributed by atoms with Crippen LogP contribution in [0, 0.1) is 11.3 Å². The molecule has 0 bridgehead atoms. The maximum absolute atomic E-state index is 12.5. The summed E-state index contributed by atoms with van der Waals surface area (Å²) in [5, 5.41) is 8.76. The molecule has 0 aliphatic carbocycles. The minimum Gasteiger partial charge on any atom is -0.347 e. The van der Waals surface area contributed by atoms with Gasteiger partial charge in [-0.3, -0.25) is 9.59 Å². The van der Waals surface area contributed by atoms with Crippen LogP contribution in [0.25, 0.3) is 0 Å². The van der Waals surface area contributed by atoms with Gasteiger partial charge in [0, 0.05) is 26.2 Å². The average molecular weight is 271 g/mol. The summed E-state index contributed by atoms with van der Waals surface area (Å²) in [5.74, 6) is -0.184. The Morgan fingerprint density at radius 3 is 2.50 bits per heavy atom. The summed E-state index contributed by atoms with van der Waals surface area (Å²) < 4.78 is 0. The topological polar surface area (TPSA) is 64.4 Å². The molecule has 0 aromatic heterocycles. The molecule has 1 aliphatic rings. The van der Waals surface area contributed by atoms with Gasteiger partial charge in [-0.2, -0.15) is 5.26 Å². The molecule has 5 heteroatoms. The number of nitriles is 1. The number of carbonyl (C=O) groups excluding carboxylic acids is 2. The van der Waals surface area contributed by atoms with Gasteiger partial charge in [-0.25, -0.2) is 0 Å². The molecule has 1 unspecified atom stereocenters. The average Bonchev–Trinajstić information content (AvgIpc) is 2.94. The van der Waals surface area contributed by atoms with Crippen LogP contribution in [0.15, 0.2) is 24.3 Å². The summed E-state index contributed by atoms with van der Waals surface area (Å²) >= 11 is 0. The zero-order valence-electron chi connectivity index (χ0n) is 11.7. The molecule has 1 atom stereocenters. The van der Waals surface area contributed by atoms with Crippen molar-refractivity contribution in [1.82, 2.24) is 9.80 Å². The van der Waals surface area contributed by atoms with Gasteiger partial charge in [0.05, 0.1) is 11.6 Å². The van der Waals surface area contributed by atoms with E-state index in [1.165, 1.54) is 4.90 Å². The lowest BCUT2D eigenvalue weighted by Crippen LogP contribution is -2.45. The Kier molecular flexibility index (Phi) is 4.04. The largest absolute Gasteiger partial charge is 0.347 e. The molecule has 2 rings (SSSR count). The van der Waals surface area contributed by atoms with Gasteiger partial charge < -0.3 is 9.80 Å². The fourth-order valence-electron chi connectivity index (χ4n) is 2.42. The van der Waals surface area contributed by atoms with Crippen molar-refractivity contribution in [3.63, 3.8) is 0 Å². The molecule has 0 spiro atoms. The predicted molar refractivity (Wildman–Crippen MR) is 73.9 cm³/mol. The predicted octanol–water partition coefficient (Wildman–Crippen LogP) is 1.25. The van der Waals surface area contributed by atoms with E-state index in [0.717, 1.165) is 6.42 Å². The van der Waals surface area contributed by atoms with E-state index < -0.39 is 0 Å². The first-order valence-corrected chi connectivity index (χ1v) is 6.57. The van der Waals surface area contributed by atoms with E-state index in [0.29, 0.717) is 24.1 Å². The fraction of sp³-hybridized carbons (Fsp3) is 0.400. The number of hydrogen-bond acceptors (Lipinski definition) is 3. The zero-order valence-corrected chi connectivity index (χ0v) is 11.7. The van der Waals surface area contributed by atoms with Gasteiger partial charge >= 0.3 is 0 Å². The summed E-state index contributed by atoms with van der Waals surface area (Å²) in [4.78, 5) is 27.7. The first-order valence-electron chi connectivity index (χ1n) is 6.57. The monoisotopic (exact) mass is 271 g/mol. The van der Waals surface area contributed by atoms with Crippen molar-refractivity contribution >= 4 is 11.8 Å². The minimum absolute atomic E-state index is 0.0375. The second-order valence-corrected chi connectivity index (χ2v) is 5.08. The highest BCUT2D eigenvalue weighted by Crippen LogP contribution is 2.21. The number of carbonyl (C=O) groups is 2. The minimum atomic E-state index is -0.367. The van der Waals surface area contributed by atoms with Crippen LogP contribution in [-0.4, -0.2) is 48.3 Å². The molecule has 0 N–H and O–H groups in total. The van der Waals surface area contributed by atoms with E-state index in [-0.39, 0.29) is 17.9 Å². The summed E-state index contributed by atoms with van der Waals surface area (Å²) in [6, 6.07) is 8.16. The van der Waals surface area contributed by atoms with Crippen LogP contribution in [0.4, 0.5) is 0 Å². The van der Waals surface area contributed by atoms with Crippen LogP contribution < -0.4 is 0 Å². The molecule has 1 fully saturated rings. The maximum atomic E-state index is 12.5. The SMILES string of the molecule is CN(C)C(=O)C1CCCN1C(=O)c1ccc(C#N)cc1. The van der Waals surface area contributed by atoms with E-state index in [1.54, 1.807) is 43.3 Å².